The van der Waals surface area contributed by atoms with Gasteiger partial charge in [0.15, 0.2) is 0 Å². The quantitative estimate of drug-likeness (QED) is 0.202. The van der Waals surface area contributed by atoms with Crippen LogP contribution in [0.3, 0.4) is 0 Å². The molecular weight excluding hydrogens is 342 g/mol. The lowest BCUT2D eigenvalue weighted by Crippen LogP contribution is -2.38. The van der Waals surface area contributed by atoms with Gasteiger partial charge in [0.05, 0.1) is 0 Å². The van der Waals surface area contributed by atoms with Gasteiger partial charge < -0.3 is 4.55 Å². The highest BCUT2D eigenvalue weighted by Gasteiger charge is 2.21. The van der Waals surface area contributed by atoms with Crippen LogP contribution >= 0.6 is 0 Å². The number of hydrogen-bond donors (Lipinski definition) is 0. The highest BCUT2D eigenvalue weighted by atomic mass is 32.2. The maximum absolute atomic E-state index is 11.5. The van der Waals surface area contributed by atoms with Gasteiger partial charge in [0.25, 0.3) is 0 Å². The van der Waals surface area contributed by atoms with Gasteiger partial charge in [-0.25, -0.2) is 4.31 Å². The fourth-order valence-electron chi connectivity index (χ4n) is 4.21. The van der Waals surface area contributed by atoms with Crippen LogP contribution in [0.1, 0.15) is 129 Å². The molecule has 1 saturated carbocycles. The molecule has 0 bridgehead atoms. The van der Waals surface area contributed by atoms with Gasteiger partial charge in [0.2, 0.25) is 0 Å². The van der Waals surface area contributed by atoms with Crippen molar-refractivity contribution in [1.82, 2.24) is 4.31 Å². The van der Waals surface area contributed by atoms with Crippen LogP contribution in [-0.2, 0) is 11.3 Å². The number of nitrogens with zero attached hydrogens (tertiary/aromatic N) is 1. The molecular formula is C22H44NO2S-. The van der Waals surface area contributed by atoms with Crippen LogP contribution < -0.4 is 0 Å². The summed E-state index contributed by atoms with van der Waals surface area (Å²) in [6.07, 6.45) is 24.6. The maximum Gasteiger partial charge on any atom is 0.0215 e. The van der Waals surface area contributed by atoms with Crippen molar-refractivity contribution in [3.8, 4) is 0 Å². The minimum absolute atomic E-state index is 0.282. The molecule has 26 heavy (non-hydrogen) atoms. The van der Waals surface area contributed by atoms with Gasteiger partial charge in [-0.05, 0) is 19.3 Å². The third kappa shape index (κ3) is 12.5. The minimum Gasteiger partial charge on any atom is -0.760 e. The summed E-state index contributed by atoms with van der Waals surface area (Å²) < 4.78 is 24.7. The summed E-state index contributed by atoms with van der Waals surface area (Å²) in [5.41, 5.74) is 0. The Kier molecular flexibility index (Phi) is 15.9. The maximum atomic E-state index is 11.5. The number of unbranched alkanes of at least 4 members (excludes halogenated alkanes) is 13. The molecule has 156 valence electrons. The zero-order valence-corrected chi connectivity index (χ0v) is 18.2. The van der Waals surface area contributed by atoms with Crippen molar-refractivity contribution in [3.05, 3.63) is 0 Å². The van der Waals surface area contributed by atoms with E-state index in [-0.39, 0.29) is 6.04 Å². The molecule has 0 N–H and O–H groups in total. The minimum atomic E-state index is -2.03. The second kappa shape index (κ2) is 17.2. The third-order valence-corrected chi connectivity index (χ3v) is 6.77. The Labute approximate surface area is 166 Å². The normalized spacial score (nSPS) is 17.0. The van der Waals surface area contributed by atoms with Crippen molar-refractivity contribution in [1.29, 1.82) is 0 Å². The topological polar surface area (TPSA) is 43.4 Å². The van der Waals surface area contributed by atoms with Crippen LogP contribution in [0.15, 0.2) is 0 Å². The van der Waals surface area contributed by atoms with Crippen LogP contribution in [0.5, 0.6) is 0 Å². The Bertz CT molecular complexity index is 332. The Morgan fingerprint density at radius 3 is 1.58 bits per heavy atom. The molecule has 0 aromatic heterocycles. The smallest absolute Gasteiger partial charge is 0.0215 e. The summed E-state index contributed by atoms with van der Waals surface area (Å²) >= 11 is -2.03. The van der Waals surface area contributed by atoms with Gasteiger partial charge in [-0.3, -0.25) is 4.21 Å². The molecule has 0 saturated heterocycles. The zero-order chi connectivity index (χ0) is 18.9. The van der Waals surface area contributed by atoms with E-state index in [1.54, 1.807) is 4.31 Å². The van der Waals surface area contributed by atoms with Crippen molar-refractivity contribution < 1.29 is 8.76 Å². The molecule has 1 atom stereocenters. The summed E-state index contributed by atoms with van der Waals surface area (Å²) in [6.45, 7) is 3.01. The van der Waals surface area contributed by atoms with Gasteiger partial charge in [-0.1, -0.05) is 110 Å². The average molecular weight is 387 g/mol. The summed E-state index contributed by atoms with van der Waals surface area (Å²) in [7, 11) is 0. The molecule has 1 rings (SSSR count). The Morgan fingerprint density at radius 1 is 0.731 bits per heavy atom. The van der Waals surface area contributed by atoms with Crippen molar-refractivity contribution in [2.75, 3.05) is 6.54 Å². The second-order valence-electron chi connectivity index (χ2n) is 8.25. The molecule has 1 unspecified atom stereocenters. The van der Waals surface area contributed by atoms with E-state index >= 15 is 0 Å². The molecule has 0 aliphatic heterocycles. The molecule has 1 aliphatic rings. The van der Waals surface area contributed by atoms with Crippen molar-refractivity contribution in [3.63, 3.8) is 0 Å². The monoisotopic (exact) mass is 386 g/mol. The van der Waals surface area contributed by atoms with E-state index < -0.39 is 11.3 Å². The highest BCUT2D eigenvalue weighted by molar-refractivity contribution is 7.76. The van der Waals surface area contributed by atoms with E-state index in [1.807, 2.05) is 0 Å². The molecule has 0 amide bonds. The standard InChI is InChI=1S/C22H45NO2S/c1-2-3-4-5-6-7-8-9-10-11-12-13-14-18-21-23(26(24)25)22-19-16-15-17-20-22/h22H,2-21H2,1H3,(H,24,25)/p-1. The molecule has 3 nitrogen and oxygen atoms in total. The van der Waals surface area contributed by atoms with E-state index in [4.69, 9.17) is 0 Å². The average Bonchev–Trinajstić information content (AvgIpc) is 2.65. The Morgan fingerprint density at radius 2 is 1.15 bits per heavy atom. The summed E-state index contributed by atoms with van der Waals surface area (Å²) in [5, 5.41) is 0. The molecule has 0 spiro atoms. The van der Waals surface area contributed by atoms with Crippen molar-refractivity contribution in [2.24, 2.45) is 0 Å². The largest absolute Gasteiger partial charge is 0.760 e. The number of rotatable bonds is 17. The lowest BCUT2D eigenvalue weighted by Gasteiger charge is -2.35. The van der Waals surface area contributed by atoms with E-state index in [9.17, 15) is 8.76 Å². The number of hydrogen-bond acceptors (Lipinski definition) is 2. The summed E-state index contributed by atoms with van der Waals surface area (Å²) in [6, 6.07) is 0.282. The lowest BCUT2D eigenvalue weighted by atomic mass is 9.95. The van der Waals surface area contributed by atoms with Gasteiger partial charge in [0.1, 0.15) is 0 Å². The molecule has 0 radical (unpaired) electrons. The van der Waals surface area contributed by atoms with Gasteiger partial charge in [-0.15, -0.1) is 0 Å². The first-order valence-corrected chi connectivity index (χ1v) is 12.6. The first-order chi connectivity index (χ1) is 12.8. The molecule has 1 fully saturated rings. The third-order valence-electron chi connectivity index (χ3n) is 5.91. The molecule has 0 aromatic carbocycles. The van der Waals surface area contributed by atoms with E-state index in [2.05, 4.69) is 6.92 Å². The van der Waals surface area contributed by atoms with Crippen LogP contribution in [0.2, 0.25) is 0 Å². The van der Waals surface area contributed by atoms with E-state index in [0.29, 0.717) is 0 Å². The predicted molar refractivity (Wildman–Crippen MR) is 113 cm³/mol. The Balaban J connectivity index is 1.88. The lowest BCUT2D eigenvalue weighted by molar-refractivity contribution is 0.243. The second-order valence-corrected chi connectivity index (χ2v) is 9.15. The van der Waals surface area contributed by atoms with E-state index in [0.717, 1.165) is 25.8 Å². The molecule has 0 aromatic rings. The predicted octanol–water partition coefficient (Wildman–Crippen LogP) is 6.90. The summed E-state index contributed by atoms with van der Waals surface area (Å²) in [5.74, 6) is 0. The summed E-state index contributed by atoms with van der Waals surface area (Å²) in [4.78, 5) is 0. The van der Waals surface area contributed by atoms with Crippen LogP contribution in [-0.4, -0.2) is 25.7 Å². The highest BCUT2D eigenvalue weighted by Crippen LogP contribution is 2.24. The molecule has 1 aliphatic carbocycles. The van der Waals surface area contributed by atoms with Crippen LogP contribution in [0.25, 0.3) is 0 Å². The van der Waals surface area contributed by atoms with Crippen LogP contribution in [0.4, 0.5) is 0 Å². The van der Waals surface area contributed by atoms with Crippen molar-refractivity contribution >= 4 is 11.3 Å². The van der Waals surface area contributed by atoms with E-state index in [1.165, 1.54) is 103 Å². The SMILES string of the molecule is CCCCCCCCCCCCCCCCN(C1CCCCC1)S(=O)[O-]. The first kappa shape index (κ1) is 24.1. The zero-order valence-electron chi connectivity index (χ0n) is 17.4. The van der Waals surface area contributed by atoms with Gasteiger partial charge >= 0.3 is 0 Å². The fourth-order valence-corrected chi connectivity index (χ4v) is 4.94. The Hall–Kier alpha value is 0.0700. The van der Waals surface area contributed by atoms with Crippen molar-refractivity contribution in [2.45, 2.75) is 135 Å². The molecule has 0 heterocycles. The van der Waals surface area contributed by atoms with Gasteiger partial charge in [-0.2, -0.15) is 0 Å². The van der Waals surface area contributed by atoms with Gasteiger partial charge in [0, 0.05) is 23.9 Å². The van der Waals surface area contributed by atoms with Crippen LogP contribution in [0, 0.1) is 0 Å². The fraction of sp³-hybridized carbons (Fsp3) is 1.00. The molecule has 4 heteroatoms. The first-order valence-electron chi connectivity index (χ1n) is 11.6.